The number of aromatic amines is 1. The van der Waals surface area contributed by atoms with E-state index in [9.17, 15) is 4.79 Å². The van der Waals surface area contributed by atoms with Crippen LogP contribution in [0.25, 0.3) is 0 Å². The van der Waals surface area contributed by atoms with Gasteiger partial charge in [-0.15, -0.1) is 0 Å². The average Bonchev–Trinajstić information content (AvgIpc) is 3.49. The average molecular weight is 447 g/mol. The molecule has 1 aliphatic rings. The quantitative estimate of drug-likeness (QED) is 0.382. The van der Waals surface area contributed by atoms with Crippen molar-refractivity contribution in [3.63, 3.8) is 0 Å². The summed E-state index contributed by atoms with van der Waals surface area (Å²) in [5.74, 6) is 1.26. The number of imidazole rings is 1. The maximum absolute atomic E-state index is 12.7. The Labute approximate surface area is 194 Å². The number of benzene rings is 1. The van der Waals surface area contributed by atoms with Crippen molar-refractivity contribution in [2.24, 2.45) is 0 Å². The number of hydrogen-bond donors (Lipinski definition) is 4. The molecule has 1 atom stereocenters. The summed E-state index contributed by atoms with van der Waals surface area (Å²) in [6.07, 6.45) is 7.13. The third-order valence-corrected chi connectivity index (χ3v) is 5.75. The highest BCUT2D eigenvalue weighted by Crippen LogP contribution is 2.20. The molecule has 172 valence electrons. The maximum atomic E-state index is 12.7. The first kappa shape index (κ1) is 22.6. The number of carbonyl (C=O) groups is 1. The van der Waals surface area contributed by atoms with Gasteiger partial charge in [0.05, 0.1) is 12.0 Å². The minimum atomic E-state index is -0.0773. The molecule has 4 rings (SSSR count). The van der Waals surface area contributed by atoms with E-state index in [4.69, 9.17) is 0 Å². The Morgan fingerprint density at radius 1 is 1.30 bits per heavy atom. The van der Waals surface area contributed by atoms with Gasteiger partial charge in [0.15, 0.2) is 0 Å². The van der Waals surface area contributed by atoms with Crippen molar-refractivity contribution in [2.75, 3.05) is 49.7 Å². The summed E-state index contributed by atoms with van der Waals surface area (Å²) in [5.41, 5.74) is 3.48. The van der Waals surface area contributed by atoms with Gasteiger partial charge in [0.25, 0.3) is 0 Å². The van der Waals surface area contributed by atoms with Crippen LogP contribution in [-0.4, -0.2) is 83.4 Å². The van der Waals surface area contributed by atoms with E-state index >= 15 is 0 Å². The van der Waals surface area contributed by atoms with Crippen LogP contribution >= 0.6 is 0 Å². The number of nitrogens with zero attached hydrogens (tertiary/aromatic N) is 5. The zero-order valence-electron chi connectivity index (χ0n) is 19.3. The number of likely N-dealkylation sites (tertiary alicyclic amines) is 1. The molecule has 0 bridgehead atoms. The molecular formula is C22H30BN9O. The van der Waals surface area contributed by atoms with E-state index in [-0.39, 0.29) is 6.03 Å². The zero-order chi connectivity index (χ0) is 23.2. The van der Waals surface area contributed by atoms with E-state index in [2.05, 4.69) is 54.9 Å². The van der Waals surface area contributed by atoms with Crippen LogP contribution in [0.4, 0.5) is 27.9 Å². The van der Waals surface area contributed by atoms with Gasteiger partial charge >= 0.3 is 6.03 Å². The number of rotatable bonds is 8. The normalized spacial score (nSPS) is 15.6. The lowest BCUT2D eigenvalue weighted by Gasteiger charge is -2.21. The molecule has 10 nitrogen and oxygen atoms in total. The largest absolute Gasteiger partial charge is 0.370 e. The summed E-state index contributed by atoms with van der Waals surface area (Å²) in [6.45, 7) is 2.22. The summed E-state index contributed by atoms with van der Waals surface area (Å²) in [7, 11) is 6.07. The molecule has 1 saturated heterocycles. The second kappa shape index (κ2) is 10.3. The molecule has 11 heteroatoms. The fraction of sp³-hybridized carbons (Fsp3) is 0.364. The first-order valence-corrected chi connectivity index (χ1v) is 11.1. The minimum absolute atomic E-state index is 0.0773. The number of hydrogen-bond acceptors (Lipinski definition) is 7. The monoisotopic (exact) mass is 447 g/mol. The van der Waals surface area contributed by atoms with Gasteiger partial charge in [-0.05, 0) is 44.2 Å². The molecule has 1 aromatic carbocycles. The number of amides is 2. The van der Waals surface area contributed by atoms with Crippen LogP contribution in [0.1, 0.15) is 12.1 Å². The Morgan fingerprint density at radius 3 is 2.91 bits per heavy atom. The third kappa shape index (κ3) is 6.01. The molecule has 1 aliphatic heterocycles. The van der Waals surface area contributed by atoms with Crippen LogP contribution in [0, 0.1) is 0 Å². The minimum Gasteiger partial charge on any atom is -0.370 e. The number of nitrogens with one attached hydrogen (secondary N) is 4. The second-order valence-electron chi connectivity index (χ2n) is 8.45. The second-order valence-corrected chi connectivity index (χ2v) is 8.45. The van der Waals surface area contributed by atoms with Gasteiger partial charge in [0, 0.05) is 55.9 Å². The number of likely N-dealkylation sites (N-methyl/N-ethyl adjacent to an activating group) is 1. The van der Waals surface area contributed by atoms with Gasteiger partial charge < -0.3 is 30.7 Å². The molecule has 2 aromatic heterocycles. The standard InChI is InChI=1S/C22H30BN9O/c1-31(2)18-7-9-32(13-18)22(33)29-16-5-3-4-15(10-16)28-21-26-12-19(23)20(30-21)25-8-6-17-11-24-14-27-17/h3-5,10-12,14,18H,6-9,13,23H2,1-2H3,(H,24,27)(H,29,33)(H2,25,26,28,30)/t18-/m1/s1. The number of aromatic nitrogens is 4. The number of anilines is 4. The highest BCUT2D eigenvalue weighted by molar-refractivity contribution is 6.35. The van der Waals surface area contributed by atoms with Crippen LogP contribution in [0.15, 0.2) is 43.0 Å². The van der Waals surface area contributed by atoms with Crippen molar-refractivity contribution >= 4 is 42.5 Å². The Kier molecular flexibility index (Phi) is 7.08. The van der Waals surface area contributed by atoms with E-state index in [1.54, 1.807) is 12.5 Å². The van der Waals surface area contributed by atoms with Gasteiger partial charge in [-0.1, -0.05) is 6.07 Å². The smallest absolute Gasteiger partial charge is 0.321 e. The first-order valence-electron chi connectivity index (χ1n) is 11.1. The van der Waals surface area contributed by atoms with Crippen molar-refractivity contribution in [2.45, 2.75) is 18.9 Å². The lowest BCUT2D eigenvalue weighted by molar-refractivity contribution is 0.216. The number of carbonyl (C=O) groups excluding carboxylic acids is 1. The highest BCUT2D eigenvalue weighted by atomic mass is 16.2. The SMILES string of the molecule is Bc1cnc(Nc2cccc(NC(=O)N3CC[C@@H](N(C)C)C3)c2)nc1NCCc1c[nH]cn1. The summed E-state index contributed by atoms with van der Waals surface area (Å²) in [5, 5.41) is 9.57. The van der Waals surface area contributed by atoms with Crippen LogP contribution < -0.4 is 21.4 Å². The van der Waals surface area contributed by atoms with Crippen LogP contribution in [0.2, 0.25) is 0 Å². The van der Waals surface area contributed by atoms with Crippen molar-refractivity contribution in [1.29, 1.82) is 0 Å². The molecule has 0 radical (unpaired) electrons. The molecule has 0 unspecified atom stereocenters. The molecule has 3 aromatic rings. The molecule has 3 heterocycles. The van der Waals surface area contributed by atoms with Crippen molar-refractivity contribution < 1.29 is 4.79 Å². The lowest BCUT2D eigenvalue weighted by atomic mass is 9.99. The Balaban J connectivity index is 1.35. The van der Waals surface area contributed by atoms with Crippen LogP contribution in [0.5, 0.6) is 0 Å². The number of H-pyrrole nitrogens is 1. The van der Waals surface area contributed by atoms with Gasteiger partial charge in [-0.3, -0.25) is 0 Å². The lowest BCUT2D eigenvalue weighted by Crippen LogP contribution is -2.36. The molecule has 4 N–H and O–H groups in total. The molecule has 1 fully saturated rings. The predicted molar refractivity (Wildman–Crippen MR) is 133 cm³/mol. The highest BCUT2D eigenvalue weighted by Gasteiger charge is 2.27. The van der Waals surface area contributed by atoms with E-state index in [1.165, 1.54) is 0 Å². The van der Waals surface area contributed by atoms with Gasteiger partial charge in [-0.25, -0.2) is 14.8 Å². The van der Waals surface area contributed by atoms with Gasteiger partial charge in [-0.2, -0.15) is 4.98 Å². The summed E-state index contributed by atoms with van der Waals surface area (Å²) >= 11 is 0. The third-order valence-electron chi connectivity index (χ3n) is 5.75. The Hall–Kier alpha value is -3.60. The zero-order valence-corrected chi connectivity index (χ0v) is 19.3. The Morgan fingerprint density at radius 2 is 2.15 bits per heavy atom. The van der Waals surface area contributed by atoms with Crippen molar-refractivity contribution in [1.82, 2.24) is 29.7 Å². The fourth-order valence-electron chi connectivity index (χ4n) is 3.77. The first-order chi connectivity index (χ1) is 16.0. The van der Waals surface area contributed by atoms with Crippen molar-refractivity contribution in [3.8, 4) is 0 Å². The van der Waals surface area contributed by atoms with E-state index < -0.39 is 0 Å². The van der Waals surface area contributed by atoms with Gasteiger partial charge in [0.1, 0.15) is 13.7 Å². The molecule has 2 amide bonds. The summed E-state index contributed by atoms with van der Waals surface area (Å²) in [4.78, 5) is 32.9. The van der Waals surface area contributed by atoms with Crippen molar-refractivity contribution in [3.05, 3.63) is 48.7 Å². The number of urea groups is 1. The summed E-state index contributed by atoms with van der Waals surface area (Å²) < 4.78 is 0. The van der Waals surface area contributed by atoms with Gasteiger partial charge in [0.2, 0.25) is 5.95 Å². The van der Waals surface area contributed by atoms with E-state index in [1.807, 2.05) is 43.2 Å². The molecule has 0 aliphatic carbocycles. The molecule has 0 spiro atoms. The molecule has 0 saturated carbocycles. The van der Waals surface area contributed by atoms with E-state index in [0.717, 1.165) is 60.8 Å². The fourth-order valence-corrected chi connectivity index (χ4v) is 3.77. The topological polar surface area (TPSA) is 114 Å². The molecule has 33 heavy (non-hydrogen) atoms. The van der Waals surface area contributed by atoms with E-state index in [0.29, 0.717) is 12.0 Å². The summed E-state index contributed by atoms with van der Waals surface area (Å²) in [6, 6.07) is 7.89. The molecular weight excluding hydrogens is 417 g/mol. The maximum Gasteiger partial charge on any atom is 0.321 e. The predicted octanol–water partition coefficient (Wildman–Crippen LogP) is 1.02. The van der Waals surface area contributed by atoms with Crippen LogP contribution in [0.3, 0.4) is 0 Å². The Bertz CT molecular complexity index is 1070. The van der Waals surface area contributed by atoms with Crippen LogP contribution in [-0.2, 0) is 6.42 Å².